The van der Waals surface area contributed by atoms with E-state index in [0.29, 0.717) is 17.8 Å². The maximum atomic E-state index is 12.6. The predicted molar refractivity (Wildman–Crippen MR) is 96.0 cm³/mol. The summed E-state index contributed by atoms with van der Waals surface area (Å²) in [4.78, 5) is 12.6. The monoisotopic (exact) mass is 344 g/mol. The van der Waals surface area contributed by atoms with Crippen molar-refractivity contribution in [1.82, 2.24) is 0 Å². The molecule has 0 bridgehead atoms. The molecule has 0 spiro atoms. The quantitative estimate of drug-likeness (QED) is 0.577. The summed E-state index contributed by atoms with van der Waals surface area (Å²) in [6, 6.07) is 0. The van der Waals surface area contributed by atoms with Crippen molar-refractivity contribution in [2.75, 3.05) is 0 Å². The molecule has 3 saturated carbocycles. The Balaban J connectivity index is 1.53. The minimum absolute atomic E-state index is 0.00460. The van der Waals surface area contributed by atoms with Crippen LogP contribution in [0, 0.1) is 28.6 Å². The van der Waals surface area contributed by atoms with Gasteiger partial charge in [0.2, 0.25) is 0 Å². The van der Waals surface area contributed by atoms with Gasteiger partial charge in [0.1, 0.15) is 5.60 Å². The lowest BCUT2D eigenvalue weighted by Gasteiger charge is -2.58. The van der Waals surface area contributed by atoms with Crippen molar-refractivity contribution in [3.63, 3.8) is 0 Å². The first kappa shape index (κ1) is 16.5. The summed E-state index contributed by atoms with van der Waals surface area (Å²) in [7, 11) is 0. The van der Waals surface area contributed by atoms with Gasteiger partial charge in [-0.15, -0.1) is 0 Å². The van der Waals surface area contributed by atoms with E-state index in [1.54, 1.807) is 6.92 Å². The van der Waals surface area contributed by atoms with Gasteiger partial charge in [-0.1, -0.05) is 25.5 Å². The summed E-state index contributed by atoms with van der Waals surface area (Å²) in [6.45, 7) is 8.72. The number of rotatable bonds is 1. The van der Waals surface area contributed by atoms with Crippen LogP contribution in [-0.4, -0.2) is 28.2 Å². The third-order valence-electron chi connectivity index (χ3n) is 9.46. The minimum Gasteiger partial charge on any atom is -0.393 e. The molecule has 3 heteroatoms. The first-order valence-electron chi connectivity index (χ1n) is 10.3. The molecule has 1 heterocycles. The Kier molecular flexibility index (Phi) is 3.03. The Morgan fingerprint density at radius 3 is 2.68 bits per heavy atom. The number of carbonyl (C=O) groups excluding carboxylic acids is 1. The zero-order valence-electron chi connectivity index (χ0n) is 16.1. The van der Waals surface area contributed by atoms with Crippen LogP contribution in [0.3, 0.4) is 0 Å². The van der Waals surface area contributed by atoms with Crippen LogP contribution in [-0.2, 0) is 9.53 Å². The van der Waals surface area contributed by atoms with E-state index in [4.69, 9.17) is 4.74 Å². The number of hydrogen-bond acceptors (Lipinski definition) is 3. The summed E-state index contributed by atoms with van der Waals surface area (Å²) in [6.07, 6.45) is 9.75. The lowest BCUT2D eigenvalue weighted by molar-refractivity contribution is -0.135. The van der Waals surface area contributed by atoms with E-state index in [9.17, 15) is 9.90 Å². The minimum atomic E-state index is -0.511. The van der Waals surface area contributed by atoms with Crippen molar-refractivity contribution in [1.29, 1.82) is 0 Å². The van der Waals surface area contributed by atoms with E-state index in [1.807, 2.05) is 0 Å². The fourth-order valence-electron chi connectivity index (χ4n) is 8.26. The summed E-state index contributed by atoms with van der Waals surface area (Å²) >= 11 is 0. The standard InChI is InChI=1S/C22H32O3/c1-13(23)22-20(3)10-8-17-16(18(20)12-21(22,4)25-22)6-5-14-11-15(24)7-9-19(14,17)2/h5,15-18,24H,6-12H2,1-4H3/t15-,16+,17-,18+,19-,20-,21+,22-/m0/s1. The van der Waals surface area contributed by atoms with Gasteiger partial charge in [0.05, 0.1) is 6.10 Å². The first-order valence-corrected chi connectivity index (χ1v) is 10.3. The SMILES string of the molecule is CC(=O)[C@@]12O[C@]1(C)C[C@@H]1[C@@H]3CC=C4C[C@@H](O)CC[C@]4(C)[C@H]3CC[C@@]12C. The van der Waals surface area contributed by atoms with Crippen molar-refractivity contribution in [3.8, 4) is 0 Å². The molecular formula is C22H32O3. The van der Waals surface area contributed by atoms with Gasteiger partial charge in [-0.25, -0.2) is 0 Å². The van der Waals surface area contributed by atoms with Crippen LogP contribution in [0.25, 0.3) is 0 Å². The third kappa shape index (κ3) is 1.69. The maximum absolute atomic E-state index is 12.6. The molecule has 1 N–H and O–H groups in total. The molecule has 0 aromatic carbocycles. The van der Waals surface area contributed by atoms with Crippen molar-refractivity contribution in [2.45, 2.75) is 89.9 Å². The van der Waals surface area contributed by atoms with Crippen LogP contribution in [0.2, 0.25) is 0 Å². The van der Waals surface area contributed by atoms with E-state index in [2.05, 4.69) is 26.8 Å². The molecule has 4 aliphatic carbocycles. The summed E-state index contributed by atoms with van der Waals surface area (Å²) in [5, 5.41) is 10.1. The van der Waals surface area contributed by atoms with Gasteiger partial charge in [-0.2, -0.15) is 0 Å². The number of allylic oxidation sites excluding steroid dienone is 1. The fourth-order valence-corrected chi connectivity index (χ4v) is 8.26. The molecule has 8 atom stereocenters. The summed E-state index contributed by atoms with van der Waals surface area (Å²) in [5.41, 5.74) is 1.05. The van der Waals surface area contributed by atoms with Gasteiger partial charge in [0, 0.05) is 5.41 Å². The number of fused-ring (bicyclic) bond motifs is 7. The maximum Gasteiger partial charge on any atom is 0.165 e. The second-order valence-corrected chi connectivity index (χ2v) is 10.4. The van der Waals surface area contributed by atoms with Gasteiger partial charge in [-0.3, -0.25) is 4.79 Å². The average molecular weight is 344 g/mol. The Hall–Kier alpha value is -0.670. The van der Waals surface area contributed by atoms with Crippen LogP contribution < -0.4 is 0 Å². The molecular weight excluding hydrogens is 312 g/mol. The van der Waals surface area contributed by atoms with Gasteiger partial charge in [0.25, 0.3) is 0 Å². The van der Waals surface area contributed by atoms with Crippen molar-refractivity contribution < 1.29 is 14.6 Å². The van der Waals surface area contributed by atoms with Crippen LogP contribution in [0.5, 0.6) is 0 Å². The molecule has 3 nitrogen and oxygen atoms in total. The highest BCUT2D eigenvalue weighted by Gasteiger charge is 2.85. The molecule has 25 heavy (non-hydrogen) atoms. The largest absolute Gasteiger partial charge is 0.393 e. The highest BCUT2D eigenvalue weighted by Crippen LogP contribution is 2.77. The first-order chi connectivity index (χ1) is 11.7. The van der Waals surface area contributed by atoms with Gasteiger partial charge in [0.15, 0.2) is 11.4 Å². The molecule has 5 rings (SSSR count). The lowest BCUT2D eigenvalue weighted by Crippen LogP contribution is -2.54. The van der Waals surface area contributed by atoms with Crippen molar-refractivity contribution >= 4 is 5.78 Å². The van der Waals surface area contributed by atoms with Crippen LogP contribution in [0.1, 0.15) is 72.6 Å². The molecule has 0 unspecified atom stereocenters. The second kappa shape index (κ2) is 4.59. The second-order valence-electron chi connectivity index (χ2n) is 10.4. The van der Waals surface area contributed by atoms with Crippen molar-refractivity contribution in [3.05, 3.63) is 11.6 Å². The van der Waals surface area contributed by atoms with Gasteiger partial charge in [-0.05, 0) is 82.0 Å². The number of hydrogen-bond donors (Lipinski definition) is 1. The summed E-state index contributed by atoms with van der Waals surface area (Å²) in [5.74, 6) is 2.23. The molecule has 0 radical (unpaired) electrons. The normalized spacial score (nSPS) is 59.2. The highest BCUT2D eigenvalue weighted by atomic mass is 16.6. The Bertz CT molecular complexity index is 683. The van der Waals surface area contributed by atoms with Gasteiger partial charge >= 0.3 is 0 Å². The molecule has 4 fully saturated rings. The molecule has 0 amide bonds. The number of aliphatic hydroxyl groups excluding tert-OH is 1. The van der Waals surface area contributed by atoms with E-state index in [0.717, 1.165) is 38.5 Å². The molecule has 1 saturated heterocycles. The predicted octanol–water partition coefficient (Wildman–Crippen LogP) is 4.04. The Morgan fingerprint density at radius 1 is 1.20 bits per heavy atom. The average Bonchev–Trinajstić information content (AvgIpc) is 3.13. The highest BCUT2D eigenvalue weighted by molar-refractivity contribution is 5.91. The molecule has 5 aliphatic rings. The van der Waals surface area contributed by atoms with Crippen LogP contribution in [0.4, 0.5) is 0 Å². The number of carbonyl (C=O) groups is 1. The molecule has 1 aliphatic heterocycles. The van der Waals surface area contributed by atoms with E-state index < -0.39 is 5.60 Å². The fraction of sp³-hybridized carbons (Fsp3) is 0.864. The lowest BCUT2D eigenvalue weighted by atomic mass is 9.47. The zero-order valence-corrected chi connectivity index (χ0v) is 16.1. The number of aliphatic hydroxyl groups is 1. The van der Waals surface area contributed by atoms with Crippen LogP contribution in [0.15, 0.2) is 11.6 Å². The van der Waals surface area contributed by atoms with Crippen LogP contribution >= 0.6 is 0 Å². The topological polar surface area (TPSA) is 49.8 Å². The smallest absolute Gasteiger partial charge is 0.165 e. The van der Waals surface area contributed by atoms with E-state index in [-0.39, 0.29) is 28.3 Å². The molecule has 138 valence electrons. The Labute approximate surface area is 151 Å². The van der Waals surface area contributed by atoms with Crippen molar-refractivity contribution in [2.24, 2.45) is 28.6 Å². The van der Waals surface area contributed by atoms with E-state index >= 15 is 0 Å². The van der Waals surface area contributed by atoms with Gasteiger partial charge < -0.3 is 9.84 Å². The zero-order chi connectivity index (χ0) is 17.8. The molecule has 0 aromatic rings. The summed E-state index contributed by atoms with van der Waals surface area (Å²) < 4.78 is 6.19. The molecule has 0 aromatic heterocycles. The van der Waals surface area contributed by atoms with E-state index in [1.165, 1.54) is 12.0 Å². The number of epoxide rings is 1. The number of ether oxygens (including phenoxy) is 1. The number of ketones is 1. The third-order valence-corrected chi connectivity index (χ3v) is 9.46. The number of Topliss-reactive ketones (excluding diaryl/α,β-unsaturated/α-hetero) is 1. The Morgan fingerprint density at radius 2 is 1.96 bits per heavy atom.